The first-order chi connectivity index (χ1) is 31.8. The lowest BCUT2D eigenvalue weighted by molar-refractivity contribution is -0.154. The molecule has 9 nitrogen and oxygen atoms in total. The van der Waals surface area contributed by atoms with E-state index in [2.05, 4.69) is 50.3 Å². The van der Waals surface area contributed by atoms with Crippen LogP contribution in [0.3, 0.4) is 0 Å². The molecule has 10 heteroatoms. The quantitative estimate of drug-likeness (QED) is 0.0236. The number of hydrogen-bond acceptors (Lipinski definition) is 8. The molecule has 0 rings (SSSR count). The standard InChI is InChI=1S/C55H105O9P/c1-3-5-7-9-11-13-15-17-19-21-23-25-26-27-29-31-33-35-37-39-41-43-45-47-55(58)64-54(52-63-65(59,60)62-50-53(57)49-56)51-61-48-46-44-42-40-38-36-34-32-30-28-24-22-20-18-16-14-12-10-8-6-4-2/h15,17,21,23,26-27,53-54,56-57H,3-14,16,18-20,22,24-25,28-52H2,1-2H3,(H,59,60)/b17-15-,23-21-,27-26-. The van der Waals surface area contributed by atoms with E-state index in [-0.39, 0.29) is 25.6 Å². The Morgan fingerprint density at radius 3 is 1.25 bits per heavy atom. The van der Waals surface area contributed by atoms with Gasteiger partial charge in [0.05, 0.1) is 26.4 Å². The molecule has 65 heavy (non-hydrogen) atoms. The molecule has 0 saturated carbocycles. The molecule has 3 unspecified atom stereocenters. The van der Waals surface area contributed by atoms with Crippen LogP contribution in [-0.2, 0) is 27.9 Å². The molecule has 3 atom stereocenters. The van der Waals surface area contributed by atoms with Crippen LogP contribution in [-0.4, -0.2) is 66.3 Å². The van der Waals surface area contributed by atoms with Gasteiger partial charge >= 0.3 is 13.8 Å². The molecule has 0 amide bonds. The molecule has 384 valence electrons. The van der Waals surface area contributed by atoms with Crippen LogP contribution in [0.15, 0.2) is 36.5 Å². The first kappa shape index (κ1) is 63.7. The number of carbonyl (C=O) groups is 1. The Morgan fingerprint density at radius 1 is 0.477 bits per heavy atom. The number of phosphoric acid groups is 1. The highest BCUT2D eigenvalue weighted by Gasteiger charge is 2.26. The van der Waals surface area contributed by atoms with Crippen LogP contribution in [0, 0.1) is 0 Å². The molecule has 0 spiro atoms. The Balaban J connectivity index is 4.04. The van der Waals surface area contributed by atoms with Gasteiger partial charge in [-0.1, -0.05) is 243 Å². The van der Waals surface area contributed by atoms with Gasteiger partial charge in [-0.25, -0.2) is 4.57 Å². The summed E-state index contributed by atoms with van der Waals surface area (Å²) in [7, 11) is -4.53. The second kappa shape index (κ2) is 52.1. The van der Waals surface area contributed by atoms with Gasteiger partial charge in [0.15, 0.2) is 0 Å². The predicted octanol–water partition coefficient (Wildman–Crippen LogP) is 16.3. The van der Waals surface area contributed by atoms with E-state index in [1.807, 2.05) is 0 Å². The maximum absolute atomic E-state index is 12.7. The number of ether oxygens (including phenoxy) is 2. The van der Waals surface area contributed by atoms with Crippen LogP contribution in [0.25, 0.3) is 0 Å². The third-order valence-corrected chi connectivity index (χ3v) is 13.0. The molecular formula is C55H105O9P. The maximum Gasteiger partial charge on any atom is 0.472 e. The molecule has 0 fully saturated rings. The summed E-state index contributed by atoms with van der Waals surface area (Å²) in [5.74, 6) is -0.385. The highest BCUT2D eigenvalue weighted by Crippen LogP contribution is 2.43. The van der Waals surface area contributed by atoms with Crippen molar-refractivity contribution in [2.24, 2.45) is 0 Å². The van der Waals surface area contributed by atoms with Gasteiger partial charge in [0.1, 0.15) is 12.2 Å². The summed E-state index contributed by atoms with van der Waals surface area (Å²) in [5, 5.41) is 18.4. The first-order valence-corrected chi connectivity index (χ1v) is 29.0. The van der Waals surface area contributed by atoms with Gasteiger partial charge < -0.3 is 24.6 Å². The highest BCUT2D eigenvalue weighted by atomic mass is 31.2. The summed E-state index contributed by atoms with van der Waals surface area (Å²) < 4.78 is 33.6. The number of hydrogen-bond donors (Lipinski definition) is 3. The van der Waals surface area contributed by atoms with Gasteiger partial charge in [-0.05, 0) is 51.4 Å². The first-order valence-electron chi connectivity index (χ1n) is 27.5. The Hall–Kier alpha value is -1.32. The molecule has 0 aromatic carbocycles. The largest absolute Gasteiger partial charge is 0.472 e. The van der Waals surface area contributed by atoms with E-state index in [9.17, 15) is 19.4 Å². The minimum absolute atomic E-state index is 0.0499. The van der Waals surface area contributed by atoms with Crippen molar-refractivity contribution >= 4 is 13.8 Å². The normalized spacial score (nSPS) is 14.0. The van der Waals surface area contributed by atoms with Crippen molar-refractivity contribution in [3.8, 4) is 0 Å². The smallest absolute Gasteiger partial charge is 0.457 e. The summed E-state index contributed by atoms with van der Waals surface area (Å²) in [6, 6.07) is 0. The number of phosphoric ester groups is 1. The van der Waals surface area contributed by atoms with Crippen LogP contribution in [0.1, 0.15) is 264 Å². The molecular weight excluding hydrogens is 836 g/mol. The van der Waals surface area contributed by atoms with E-state index < -0.39 is 33.2 Å². The van der Waals surface area contributed by atoms with E-state index in [0.29, 0.717) is 6.61 Å². The lowest BCUT2D eigenvalue weighted by Crippen LogP contribution is -2.29. The molecule has 0 aliphatic rings. The van der Waals surface area contributed by atoms with E-state index in [4.69, 9.17) is 23.6 Å². The summed E-state index contributed by atoms with van der Waals surface area (Å²) in [6.45, 7) is 3.56. The minimum Gasteiger partial charge on any atom is -0.457 e. The molecule has 0 aromatic rings. The molecule has 3 N–H and O–H groups in total. The van der Waals surface area contributed by atoms with Gasteiger partial charge in [-0.15, -0.1) is 0 Å². The summed E-state index contributed by atoms with van der Waals surface area (Å²) in [6.07, 6.45) is 59.7. The van der Waals surface area contributed by atoms with E-state index in [1.54, 1.807) is 0 Å². The van der Waals surface area contributed by atoms with E-state index in [0.717, 1.165) is 57.8 Å². The number of esters is 1. The average molecular weight is 941 g/mol. The Kier molecular flexibility index (Phi) is 51.0. The molecule has 0 bridgehead atoms. The van der Waals surface area contributed by atoms with Crippen LogP contribution in [0.2, 0.25) is 0 Å². The summed E-state index contributed by atoms with van der Waals surface area (Å²) in [4.78, 5) is 22.7. The lowest BCUT2D eigenvalue weighted by Gasteiger charge is -2.20. The fourth-order valence-electron chi connectivity index (χ4n) is 7.90. The summed E-state index contributed by atoms with van der Waals surface area (Å²) in [5.41, 5.74) is 0. The average Bonchev–Trinajstić information content (AvgIpc) is 3.30. The molecule has 0 radical (unpaired) electrons. The van der Waals surface area contributed by atoms with Gasteiger partial charge in [0.25, 0.3) is 0 Å². The summed E-state index contributed by atoms with van der Waals surface area (Å²) >= 11 is 0. The van der Waals surface area contributed by atoms with E-state index >= 15 is 0 Å². The topological polar surface area (TPSA) is 132 Å². The monoisotopic (exact) mass is 941 g/mol. The van der Waals surface area contributed by atoms with Crippen molar-refractivity contribution in [2.45, 2.75) is 276 Å². The number of unbranched alkanes of at least 4 members (excludes halogenated alkanes) is 33. The minimum atomic E-state index is -4.53. The van der Waals surface area contributed by atoms with Crippen molar-refractivity contribution in [2.75, 3.05) is 33.0 Å². The molecule has 0 heterocycles. The van der Waals surface area contributed by atoms with Crippen LogP contribution in [0.4, 0.5) is 0 Å². The second-order valence-corrected chi connectivity index (χ2v) is 20.1. The van der Waals surface area contributed by atoms with Gasteiger partial charge in [-0.2, -0.15) is 0 Å². The number of allylic oxidation sites excluding steroid dienone is 6. The van der Waals surface area contributed by atoms with Crippen molar-refractivity contribution < 1.29 is 43.0 Å². The molecule has 0 saturated heterocycles. The maximum atomic E-state index is 12.7. The van der Waals surface area contributed by atoms with Crippen LogP contribution in [0.5, 0.6) is 0 Å². The van der Waals surface area contributed by atoms with Gasteiger partial charge in [0.2, 0.25) is 0 Å². The zero-order chi connectivity index (χ0) is 47.4. The zero-order valence-corrected chi connectivity index (χ0v) is 43.4. The number of aliphatic hydroxyl groups excluding tert-OH is 2. The third-order valence-electron chi connectivity index (χ3n) is 12.1. The van der Waals surface area contributed by atoms with Gasteiger partial charge in [-0.3, -0.25) is 13.8 Å². The van der Waals surface area contributed by atoms with Crippen LogP contribution < -0.4 is 0 Å². The van der Waals surface area contributed by atoms with Crippen LogP contribution >= 0.6 is 7.82 Å². The Morgan fingerprint density at radius 2 is 0.831 bits per heavy atom. The zero-order valence-electron chi connectivity index (χ0n) is 42.5. The lowest BCUT2D eigenvalue weighted by atomic mass is 10.0. The second-order valence-electron chi connectivity index (χ2n) is 18.6. The number of rotatable bonds is 53. The van der Waals surface area contributed by atoms with Crippen molar-refractivity contribution in [1.82, 2.24) is 0 Å². The fraction of sp³-hybridized carbons (Fsp3) is 0.873. The predicted molar refractivity (Wildman–Crippen MR) is 274 cm³/mol. The SMILES string of the molecule is CCCCCCC/C=C\C/C=C\C/C=C\CCCCCCCCCCC(=O)OC(COCCCCCCCCCCCCCCCCCCCCCCC)COP(=O)(O)OCC(O)CO. The third kappa shape index (κ3) is 51.9. The van der Waals surface area contributed by atoms with Gasteiger partial charge in [0, 0.05) is 13.0 Å². The molecule has 0 aromatic heterocycles. The van der Waals surface area contributed by atoms with Crippen molar-refractivity contribution in [3.63, 3.8) is 0 Å². The van der Waals surface area contributed by atoms with Crippen molar-refractivity contribution in [3.05, 3.63) is 36.5 Å². The number of carbonyl (C=O) groups excluding carboxylic acids is 1. The molecule has 0 aliphatic heterocycles. The van der Waals surface area contributed by atoms with E-state index in [1.165, 1.54) is 186 Å². The van der Waals surface area contributed by atoms with Crippen molar-refractivity contribution in [1.29, 1.82) is 0 Å². The molecule has 0 aliphatic carbocycles. The Labute approximate surface area is 401 Å². The Bertz CT molecular complexity index is 1110. The number of aliphatic hydroxyl groups is 2. The fourth-order valence-corrected chi connectivity index (χ4v) is 8.68. The highest BCUT2D eigenvalue weighted by molar-refractivity contribution is 7.47.